The van der Waals surface area contributed by atoms with Gasteiger partial charge in [-0.05, 0) is 47.7 Å². The number of amides is 1. The Balaban J connectivity index is 1.72. The van der Waals surface area contributed by atoms with Crippen molar-refractivity contribution in [2.24, 2.45) is 0 Å². The van der Waals surface area contributed by atoms with Crippen LogP contribution in [0.4, 0.5) is 23.9 Å². The lowest BCUT2D eigenvalue weighted by atomic mass is 9.91. The fourth-order valence-corrected chi connectivity index (χ4v) is 4.67. The minimum atomic E-state index is -4.68. The van der Waals surface area contributed by atoms with Gasteiger partial charge in [0.15, 0.2) is 0 Å². The highest BCUT2D eigenvalue weighted by molar-refractivity contribution is 9.10. The molecule has 1 amide bonds. The van der Waals surface area contributed by atoms with E-state index in [0.717, 1.165) is 12.6 Å². The number of nitriles is 1. The van der Waals surface area contributed by atoms with Crippen LogP contribution in [0.1, 0.15) is 36.8 Å². The molecule has 1 aromatic carbocycles. The molecular weight excluding hydrogens is 505 g/mol. The third-order valence-corrected chi connectivity index (χ3v) is 6.42. The van der Waals surface area contributed by atoms with Gasteiger partial charge in [-0.25, -0.2) is 14.8 Å². The third-order valence-electron chi connectivity index (χ3n) is 5.60. The highest BCUT2D eigenvalue weighted by Gasteiger charge is 2.36. The maximum atomic E-state index is 13.8. The predicted molar refractivity (Wildman–Crippen MR) is 118 cm³/mol. The van der Waals surface area contributed by atoms with Crippen molar-refractivity contribution >= 4 is 38.9 Å². The molecule has 172 valence electrons. The number of anilines is 1. The van der Waals surface area contributed by atoms with Gasteiger partial charge >= 0.3 is 12.3 Å². The van der Waals surface area contributed by atoms with E-state index in [1.54, 1.807) is 6.07 Å². The Bertz CT molecular complexity index is 1250. The summed E-state index contributed by atoms with van der Waals surface area (Å²) >= 11 is 3.32. The molecule has 0 bridgehead atoms. The summed E-state index contributed by atoms with van der Waals surface area (Å²) in [5.74, 6) is 0.0287. The van der Waals surface area contributed by atoms with Crippen molar-refractivity contribution in [1.29, 1.82) is 5.26 Å². The number of fused-ring (bicyclic) bond motifs is 1. The number of carboxylic acid groups (broad SMARTS) is 1. The van der Waals surface area contributed by atoms with Crippen LogP contribution in [0.25, 0.3) is 22.2 Å². The molecule has 12 heteroatoms. The summed E-state index contributed by atoms with van der Waals surface area (Å²) < 4.78 is 41.8. The molecule has 4 N–H and O–H groups in total. The number of aromatic nitrogens is 3. The van der Waals surface area contributed by atoms with Crippen molar-refractivity contribution in [1.82, 2.24) is 20.3 Å². The number of H-pyrrole nitrogens is 1. The SMILES string of the molecule is N#Cc1ccc2c(-c3nc(N[C@H]4CCC[C@H](NC(=O)O)C4)ncc3C(F)(F)F)c[nH]c2c1Br. The molecule has 0 spiro atoms. The molecule has 1 aliphatic carbocycles. The Hall–Kier alpha value is -3.33. The zero-order valence-electron chi connectivity index (χ0n) is 17.0. The number of nitrogens with zero attached hydrogens (tertiary/aromatic N) is 3. The van der Waals surface area contributed by atoms with Crippen molar-refractivity contribution in [2.75, 3.05) is 5.32 Å². The summed E-state index contributed by atoms with van der Waals surface area (Å²) in [5, 5.41) is 24.1. The smallest absolute Gasteiger partial charge is 0.419 e. The van der Waals surface area contributed by atoms with Crippen LogP contribution >= 0.6 is 15.9 Å². The molecule has 0 unspecified atom stereocenters. The third kappa shape index (κ3) is 4.73. The molecule has 33 heavy (non-hydrogen) atoms. The Labute approximate surface area is 194 Å². The van der Waals surface area contributed by atoms with Gasteiger partial charge in [0.2, 0.25) is 5.95 Å². The van der Waals surface area contributed by atoms with Crippen LogP contribution in [-0.2, 0) is 6.18 Å². The Morgan fingerprint density at radius 3 is 2.76 bits per heavy atom. The highest BCUT2D eigenvalue weighted by atomic mass is 79.9. The summed E-state index contributed by atoms with van der Waals surface area (Å²) in [6.07, 6.45) is -0.978. The second kappa shape index (κ2) is 8.90. The summed E-state index contributed by atoms with van der Waals surface area (Å²) in [5.41, 5.74) is -0.219. The summed E-state index contributed by atoms with van der Waals surface area (Å²) in [4.78, 5) is 21.9. The number of nitrogens with one attached hydrogen (secondary N) is 3. The first-order chi connectivity index (χ1) is 15.7. The fraction of sp³-hybridized carbons (Fsp3) is 0.333. The lowest BCUT2D eigenvalue weighted by molar-refractivity contribution is -0.137. The molecule has 0 aliphatic heterocycles. The topological polar surface area (TPSA) is 127 Å². The number of benzene rings is 1. The van der Waals surface area contributed by atoms with Gasteiger partial charge < -0.3 is 20.7 Å². The van der Waals surface area contributed by atoms with Gasteiger partial charge in [0, 0.05) is 35.4 Å². The number of carbonyl (C=O) groups is 1. The molecule has 1 fully saturated rings. The number of alkyl halides is 3. The zero-order valence-corrected chi connectivity index (χ0v) is 18.6. The summed E-state index contributed by atoms with van der Waals surface area (Å²) in [6, 6.07) is 4.68. The zero-order chi connectivity index (χ0) is 23.8. The van der Waals surface area contributed by atoms with E-state index in [9.17, 15) is 23.2 Å². The van der Waals surface area contributed by atoms with E-state index in [2.05, 4.69) is 41.5 Å². The van der Waals surface area contributed by atoms with E-state index in [1.807, 2.05) is 6.07 Å². The lowest BCUT2D eigenvalue weighted by Gasteiger charge is -2.29. The van der Waals surface area contributed by atoms with Gasteiger partial charge in [-0.3, -0.25) is 0 Å². The molecule has 2 atom stereocenters. The standard InChI is InChI=1S/C21H18BrF3N6O2/c22-16-10(7-26)4-5-13-14(8-27-18(13)16)17-15(21(23,24)25)9-28-19(31-17)29-11-2-1-3-12(6-11)30-20(32)33/h4-5,8-9,11-12,27,30H,1-3,6H2,(H,32,33)(H,28,29,31)/t11-,12-/m0/s1. The van der Waals surface area contributed by atoms with Crippen LogP contribution in [0.5, 0.6) is 0 Å². The molecule has 3 aromatic rings. The van der Waals surface area contributed by atoms with Crippen LogP contribution in [0, 0.1) is 11.3 Å². The molecule has 0 radical (unpaired) electrons. The van der Waals surface area contributed by atoms with Crippen LogP contribution in [-0.4, -0.2) is 38.2 Å². The van der Waals surface area contributed by atoms with Crippen LogP contribution in [0.3, 0.4) is 0 Å². The molecule has 4 rings (SSSR count). The monoisotopic (exact) mass is 522 g/mol. The van der Waals surface area contributed by atoms with E-state index in [0.29, 0.717) is 40.2 Å². The number of hydrogen-bond donors (Lipinski definition) is 4. The van der Waals surface area contributed by atoms with Gasteiger partial charge in [-0.1, -0.05) is 6.07 Å². The minimum Gasteiger partial charge on any atom is -0.465 e. The minimum absolute atomic E-state index is 0.0287. The second-order valence-electron chi connectivity index (χ2n) is 7.77. The molecule has 1 aliphatic rings. The molecule has 2 heterocycles. The molecule has 8 nitrogen and oxygen atoms in total. The predicted octanol–water partition coefficient (Wildman–Crippen LogP) is 5.27. The van der Waals surface area contributed by atoms with Crippen molar-refractivity contribution in [3.8, 4) is 17.3 Å². The maximum Gasteiger partial charge on any atom is 0.419 e. The van der Waals surface area contributed by atoms with Crippen LogP contribution < -0.4 is 10.6 Å². The Kier molecular flexibility index (Phi) is 6.16. The van der Waals surface area contributed by atoms with Gasteiger partial charge in [0.25, 0.3) is 0 Å². The first kappa shape index (κ1) is 22.8. The highest BCUT2D eigenvalue weighted by Crippen LogP contribution is 2.40. The van der Waals surface area contributed by atoms with Crippen LogP contribution in [0.15, 0.2) is 29.0 Å². The number of aromatic amines is 1. The molecule has 0 saturated heterocycles. The van der Waals surface area contributed by atoms with E-state index in [-0.39, 0.29) is 29.3 Å². The maximum absolute atomic E-state index is 13.8. The van der Waals surface area contributed by atoms with Crippen molar-refractivity contribution in [3.05, 3.63) is 40.1 Å². The Morgan fingerprint density at radius 1 is 1.30 bits per heavy atom. The van der Waals surface area contributed by atoms with E-state index in [4.69, 9.17) is 5.11 Å². The van der Waals surface area contributed by atoms with Gasteiger partial charge in [-0.15, -0.1) is 0 Å². The lowest BCUT2D eigenvalue weighted by Crippen LogP contribution is -2.41. The van der Waals surface area contributed by atoms with Crippen LogP contribution in [0.2, 0.25) is 0 Å². The quantitative estimate of drug-likeness (QED) is 0.369. The average Bonchev–Trinajstić information content (AvgIpc) is 3.18. The normalized spacial score (nSPS) is 18.6. The first-order valence-corrected chi connectivity index (χ1v) is 10.9. The van der Waals surface area contributed by atoms with Crippen molar-refractivity contribution in [2.45, 2.75) is 43.9 Å². The summed E-state index contributed by atoms with van der Waals surface area (Å²) in [7, 11) is 0. The molecular formula is C21H18BrF3N6O2. The molecule has 1 saturated carbocycles. The second-order valence-corrected chi connectivity index (χ2v) is 8.56. The van der Waals surface area contributed by atoms with E-state index >= 15 is 0 Å². The number of rotatable bonds is 4. The summed E-state index contributed by atoms with van der Waals surface area (Å²) in [6.45, 7) is 0. The first-order valence-electron chi connectivity index (χ1n) is 10.1. The van der Waals surface area contributed by atoms with E-state index in [1.165, 1.54) is 12.3 Å². The Morgan fingerprint density at radius 2 is 2.06 bits per heavy atom. The average molecular weight is 523 g/mol. The van der Waals surface area contributed by atoms with Crippen molar-refractivity contribution in [3.63, 3.8) is 0 Å². The van der Waals surface area contributed by atoms with Gasteiger partial charge in [0.1, 0.15) is 11.6 Å². The van der Waals surface area contributed by atoms with Gasteiger partial charge in [0.05, 0.1) is 21.2 Å². The largest absolute Gasteiger partial charge is 0.465 e. The number of halogens is 4. The van der Waals surface area contributed by atoms with Crippen molar-refractivity contribution < 1.29 is 23.1 Å². The fourth-order valence-electron chi connectivity index (χ4n) is 4.12. The van der Waals surface area contributed by atoms with Gasteiger partial charge in [-0.2, -0.15) is 18.4 Å². The van der Waals surface area contributed by atoms with E-state index < -0.39 is 17.8 Å². The molecule has 2 aromatic heterocycles. The number of hydrogen-bond acceptors (Lipinski definition) is 5.